The van der Waals surface area contributed by atoms with E-state index in [4.69, 9.17) is 0 Å². The monoisotopic (exact) mass is 330 g/mol. The average Bonchev–Trinajstić information content (AvgIpc) is 2.95. The van der Waals surface area contributed by atoms with E-state index in [2.05, 4.69) is 16.7 Å². The molecule has 2 aromatic rings. The van der Waals surface area contributed by atoms with Crippen LogP contribution in [0.4, 0.5) is 5.69 Å². The molecule has 122 valence electrons. The molecule has 0 saturated heterocycles. The summed E-state index contributed by atoms with van der Waals surface area (Å²) in [5.74, 6) is 1.80. The van der Waals surface area contributed by atoms with Crippen LogP contribution in [0.2, 0.25) is 0 Å². The van der Waals surface area contributed by atoms with Gasteiger partial charge < -0.3 is 4.90 Å². The van der Waals surface area contributed by atoms with Crippen molar-refractivity contribution in [3.8, 4) is 5.69 Å². The third kappa shape index (κ3) is 4.45. The first kappa shape index (κ1) is 17.3. The summed E-state index contributed by atoms with van der Waals surface area (Å²) in [6.07, 6.45) is 7.74. The molecule has 5 nitrogen and oxygen atoms in total. The lowest BCUT2D eigenvalue weighted by atomic mass is 10.3. The van der Waals surface area contributed by atoms with Crippen LogP contribution < -0.4 is 4.90 Å². The molecule has 0 aliphatic carbocycles. The van der Waals surface area contributed by atoms with Crippen molar-refractivity contribution in [1.29, 1.82) is 0 Å². The van der Waals surface area contributed by atoms with Crippen LogP contribution in [0, 0.1) is 6.92 Å². The maximum absolute atomic E-state index is 12.5. The molecule has 0 N–H and O–H groups in total. The summed E-state index contributed by atoms with van der Waals surface area (Å²) in [5, 5.41) is 4.51. The first-order valence-corrected chi connectivity index (χ1v) is 8.78. The van der Waals surface area contributed by atoms with Crippen LogP contribution in [0.15, 0.2) is 43.4 Å². The molecular formula is C17H22N4OS. The number of hydrogen-bond donors (Lipinski definition) is 0. The van der Waals surface area contributed by atoms with Crippen molar-refractivity contribution < 1.29 is 4.79 Å². The highest BCUT2D eigenvalue weighted by atomic mass is 32.2. The van der Waals surface area contributed by atoms with Gasteiger partial charge in [0.15, 0.2) is 0 Å². The number of aromatic nitrogens is 3. The van der Waals surface area contributed by atoms with Gasteiger partial charge in [-0.3, -0.25) is 9.78 Å². The van der Waals surface area contributed by atoms with Crippen LogP contribution in [0.25, 0.3) is 5.69 Å². The third-order valence-corrected chi connectivity index (χ3v) is 4.35. The fourth-order valence-corrected chi connectivity index (χ4v) is 2.93. The normalized spacial score (nSPS) is 10.5. The highest BCUT2D eigenvalue weighted by molar-refractivity contribution is 7.99. The number of pyridine rings is 1. The van der Waals surface area contributed by atoms with Gasteiger partial charge in [-0.1, -0.05) is 6.08 Å². The van der Waals surface area contributed by atoms with Crippen LogP contribution in [0.3, 0.4) is 0 Å². The van der Waals surface area contributed by atoms with Crippen molar-refractivity contribution in [2.24, 2.45) is 0 Å². The molecule has 0 saturated carbocycles. The second-order valence-corrected chi connectivity index (χ2v) is 6.16. The van der Waals surface area contributed by atoms with E-state index in [9.17, 15) is 4.79 Å². The minimum absolute atomic E-state index is 0.123. The van der Waals surface area contributed by atoms with Gasteiger partial charge in [0.1, 0.15) is 0 Å². The molecule has 0 aliphatic heterocycles. The average molecular weight is 330 g/mol. The van der Waals surface area contributed by atoms with E-state index < -0.39 is 0 Å². The lowest BCUT2D eigenvalue weighted by Crippen LogP contribution is -2.31. The Bertz CT molecular complexity index is 654. The first-order valence-electron chi connectivity index (χ1n) is 7.63. The van der Waals surface area contributed by atoms with E-state index in [-0.39, 0.29) is 5.91 Å². The first-order chi connectivity index (χ1) is 11.2. The van der Waals surface area contributed by atoms with Gasteiger partial charge in [0.2, 0.25) is 5.91 Å². The van der Waals surface area contributed by atoms with Crippen LogP contribution in [-0.2, 0) is 4.79 Å². The second kappa shape index (κ2) is 8.53. The van der Waals surface area contributed by atoms with E-state index >= 15 is 0 Å². The summed E-state index contributed by atoms with van der Waals surface area (Å²) >= 11 is 1.72. The lowest BCUT2D eigenvalue weighted by molar-refractivity contribution is -0.118. The van der Waals surface area contributed by atoms with E-state index in [1.165, 1.54) is 0 Å². The third-order valence-electron chi connectivity index (χ3n) is 3.39. The Morgan fingerprint density at radius 2 is 2.35 bits per heavy atom. The number of carbonyl (C=O) groups is 1. The zero-order chi connectivity index (χ0) is 16.7. The molecule has 0 aromatic carbocycles. The molecule has 0 spiro atoms. The Morgan fingerprint density at radius 1 is 1.52 bits per heavy atom. The van der Waals surface area contributed by atoms with E-state index in [1.54, 1.807) is 33.7 Å². The standard InChI is InChI=1S/C17H22N4OS/c1-4-10-23-11-8-17(22)20(5-2)16-13-21(19-14(16)3)15-7-6-9-18-12-15/h4,6-7,9,12-13H,1,5,8,10-11H2,2-3H3. The highest BCUT2D eigenvalue weighted by Crippen LogP contribution is 2.22. The summed E-state index contributed by atoms with van der Waals surface area (Å²) < 4.78 is 1.76. The molecular weight excluding hydrogens is 308 g/mol. The largest absolute Gasteiger partial charge is 0.310 e. The van der Waals surface area contributed by atoms with Crippen molar-refractivity contribution in [3.63, 3.8) is 0 Å². The van der Waals surface area contributed by atoms with Crippen molar-refractivity contribution in [2.45, 2.75) is 20.3 Å². The van der Waals surface area contributed by atoms with Crippen LogP contribution in [0.5, 0.6) is 0 Å². The Balaban J connectivity index is 2.13. The summed E-state index contributed by atoms with van der Waals surface area (Å²) in [7, 11) is 0. The number of hydrogen-bond acceptors (Lipinski definition) is 4. The molecule has 2 heterocycles. The van der Waals surface area contributed by atoms with Gasteiger partial charge in [0.25, 0.3) is 0 Å². The maximum Gasteiger partial charge on any atom is 0.227 e. The number of carbonyl (C=O) groups excluding carboxylic acids is 1. The number of anilines is 1. The van der Waals surface area contributed by atoms with Gasteiger partial charge in [0, 0.05) is 30.7 Å². The molecule has 0 aliphatic rings. The summed E-state index contributed by atoms with van der Waals surface area (Å²) in [6.45, 7) is 8.22. The minimum Gasteiger partial charge on any atom is -0.310 e. The number of nitrogens with zero attached hydrogens (tertiary/aromatic N) is 4. The topological polar surface area (TPSA) is 51.0 Å². The van der Waals surface area contributed by atoms with Crippen molar-refractivity contribution in [1.82, 2.24) is 14.8 Å². The Morgan fingerprint density at radius 3 is 3.00 bits per heavy atom. The van der Waals surface area contributed by atoms with E-state index in [0.29, 0.717) is 13.0 Å². The zero-order valence-electron chi connectivity index (χ0n) is 13.6. The molecule has 0 fully saturated rings. The van der Waals surface area contributed by atoms with Crippen molar-refractivity contribution in [2.75, 3.05) is 23.0 Å². The number of thioether (sulfide) groups is 1. The molecule has 23 heavy (non-hydrogen) atoms. The fourth-order valence-electron chi connectivity index (χ4n) is 2.28. The molecule has 1 amide bonds. The van der Waals surface area contributed by atoms with Crippen molar-refractivity contribution in [3.05, 3.63) is 49.1 Å². The molecule has 2 rings (SSSR count). The Hall–Kier alpha value is -2.08. The summed E-state index contributed by atoms with van der Waals surface area (Å²) in [6, 6.07) is 3.80. The molecule has 0 radical (unpaired) electrons. The molecule has 6 heteroatoms. The van der Waals surface area contributed by atoms with Crippen LogP contribution >= 0.6 is 11.8 Å². The van der Waals surface area contributed by atoms with E-state index in [0.717, 1.165) is 28.6 Å². The molecule has 0 atom stereocenters. The molecule has 0 unspecified atom stereocenters. The van der Waals surface area contributed by atoms with Crippen LogP contribution in [0.1, 0.15) is 19.0 Å². The van der Waals surface area contributed by atoms with Gasteiger partial charge in [-0.2, -0.15) is 16.9 Å². The number of rotatable bonds is 8. The summed E-state index contributed by atoms with van der Waals surface area (Å²) in [4.78, 5) is 18.4. The quantitative estimate of drug-likeness (QED) is 0.551. The predicted octanol–water partition coefficient (Wildman–Crippen LogP) is 3.24. The molecule has 2 aromatic heterocycles. The van der Waals surface area contributed by atoms with Gasteiger partial charge in [0.05, 0.1) is 29.5 Å². The highest BCUT2D eigenvalue weighted by Gasteiger charge is 2.18. The Kier molecular flexibility index (Phi) is 6.40. The molecule has 0 bridgehead atoms. The SMILES string of the molecule is C=CCSCCC(=O)N(CC)c1cn(-c2cccnc2)nc1C. The lowest BCUT2D eigenvalue weighted by Gasteiger charge is -2.19. The van der Waals surface area contributed by atoms with Crippen molar-refractivity contribution >= 4 is 23.4 Å². The fraction of sp³-hybridized carbons (Fsp3) is 0.353. The Labute approximate surface area is 141 Å². The number of amides is 1. The van der Waals surface area contributed by atoms with Gasteiger partial charge in [-0.15, -0.1) is 6.58 Å². The van der Waals surface area contributed by atoms with E-state index in [1.807, 2.05) is 38.3 Å². The maximum atomic E-state index is 12.5. The van der Waals surface area contributed by atoms with Crippen LogP contribution in [-0.4, -0.2) is 38.7 Å². The zero-order valence-corrected chi connectivity index (χ0v) is 14.4. The smallest absolute Gasteiger partial charge is 0.227 e. The van der Waals surface area contributed by atoms with Gasteiger partial charge in [-0.25, -0.2) is 4.68 Å². The van der Waals surface area contributed by atoms with Gasteiger partial charge in [-0.05, 0) is 26.0 Å². The summed E-state index contributed by atoms with van der Waals surface area (Å²) in [5.41, 5.74) is 2.57. The second-order valence-electron chi connectivity index (χ2n) is 5.01. The predicted molar refractivity (Wildman–Crippen MR) is 96.3 cm³/mol. The minimum atomic E-state index is 0.123. The number of aryl methyl sites for hydroxylation is 1. The van der Waals surface area contributed by atoms with Gasteiger partial charge >= 0.3 is 0 Å².